The largest absolute Gasteiger partial charge is 0.309 e. The highest BCUT2D eigenvalue weighted by atomic mass is 15.0. The van der Waals surface area contributed by atoms with Crippen LogP contribution in [-0.2, 0) is 22.7 Å². The molecule has 10 rings (SSSR count). The fourth-order valence-corrected chi connectivity index (χ4v) is 10.9. The van der Waals surface area contributed by atoms with Crippen molar-refractivity contribution in [1.82, 2.24) is 4.57 Å². The van der Waals surface area contributed by atoms with Crippen molar-refractivity contribution in [3.05, 3.63) is 210 Å². The van der Waals surface area contributed by atoms with E-state index in [9.17, 15) is 0 Å². The molecule has 1 saturated carbocycles. The third kappa shape index (κ3) is 8.94. The number of para-hydroxylation sites is 1. The molecule has 0 aliphatic heterocycles. The van der Waals surface area contributed by atoms with Gasteiger partial charge in [0.25, 0.3) is 0 Å². The average Bonchev–Trinajstić information content (AvgIpc) is 3.68. The monoisotopic (exact) mass is 874 g/mol. The maximum atomic E-state index is 2.46. The van der Waals surface area contributed by atoms with Crippen molar-refractivity contribution >= 4 is 21.8 Å². The molecule has 1 heteroatoms. The van der Waals surface area contributed by atoms with E-state index in [2.05, 4.69) is 242 Å². The molecule has 1 fully saturated rings. The van der Waals surface area contributed by atoms with E-state index in [1.807, 2.05) is 0 Å². The van der Waals surface area contributed by atoms with Crippen molar-refractivity contribution in [2.75, 3.05) is 0 Å². The molecule has 0 N–H and O–H groups in total. The van der Waals surface area contributed by atoms with Crippen LogP contribution in [0.3, 0.4) is 0 Å². The molecule has 1 heterocycles. The second kappa shape index (κ2) is 17.7. The minimum absolute atomic E-state index is 0.0112. The zero-order valence-corrected chi connectivity index (χ0v) is 41.1. The van der Waals surface area contributed by atoms with Crippen LogP contribution in [0, 0.1) is 0 Å². The van der Waals surface area contributed by atoms with E-state index in [-0.39, 0.29) is 16.2 Å². The van der Waals surface area contributed by atoms with Gasteiger partial charge in [-0.2, -0.15) is 0 Å². The number of hydrogen-bond acceptors (Lipinski definition) is 0. The summed E-state index contributed by atoms with van der Waals surface area (Å²) in [6, 6.07) is 69.3. The Morgan fingerprint density at radius 2 is 1.01 bits per heavy atom. The Hall–Kier alpha value is -6.44. The van der Waals surface area contributed by atoms with Crippen LogP contribution in [0.5, 0.6) is 0 Å². The molecule has 0 spiro atoms. The van der Waals surface area contributed by atoms with Gasteiger partial charge in [-0.3, -0.25) is 0 Å². The first-order chi connectivity index (χ1) is 32.2. The Bertz CT molecular complexity index is 3180. The summed E-state index contributed by atoms with van der Waals surface area (Å²) in [5.74, 6) is 0.741. The van der Waals surface area contributed by atoms with Crippen LogP contribution in [0.4, 0.5) is 0 Å². The van der Waals surface area contributed by atoms with Crippen LogP contribution < -0.4 is 0 Å². The SMILES string of the molecule is CC(C)(C)c1ccc(-c2ccc3c4c(-c5ccc(C(C)(C)C)cc5-c5cccc(-c6ccc(CC(C)(C)c7ccc(C8CCCCC8)cc7)cc6)c5)cccc4n(-c4ccccc4)c3c2)cc1. The summed E-state index contributed by atoms with van der Waals surface area (Å²) < 4.78 is 2.46. The predicted octanol–water partition coefficient (Wildman–Crippen LogP) is 18.6. The van der Waals surface area contributed by atoms with Crippen molar-refractivity contribution in [3.63, 3.8) is 0 Å². The molecule has 9 aromatic rings. The lowest BCUT2D eigenvalue weighted by Gasteiger charge is -2.27. The normalized spacial score (nSPS) is 14.0. The molecular weight excluding hydrogens is 807 g/mol. The Labute approximate surface area is 400 Å². The second-order valence-electron chi connectivity index (χ2n) is 22.2. The zero-order chi connectivity index (χ0) is 46.5. The Balaban J connectivity index is 1.03. The molecule has 0 amide bonds. The van der Waals surface area contributed by atoms with Gasteiger partial charge in [0, 0.05) is 16.5 Å². The third-order valence-corrected chi connectivity index (χ3v) is 14.9. The summed E-state index contributed by atoms with van der Waals surface area (Å²) in [6.07, 6.45) is 7.83. The summed E-state index contributed by atoms with van der Waals surface area (Å²) in [5.41, 5.74) is 20.6. The van der Waals surface area contributed by atoms with E-state index in [1.54, 1.807) is 0 Å². The van der Waals surface area contributed by atoms with Gasteiger partial charge in [-0.1, -0.05) is 226 Å². The van der Waals surface area contributed by atoms with Crippen LogP contribution in [0.2, 0.25) is 0 Å². The molecule has 8 aromatic carbocycles. The van der Waals surface area contributed by atoms with E-state index in [4.69, 9.17) is 0 Å². The van der Waals surface area contributed by atoms with Crippen LogP contribution in [0.15, 0.2) is 182 Å². The van der Waals surface area contributed by atoms with E-state index in [1.165, 1.54) is 126 Å². The number of rotatable bonds is 9. The molecule has 1 aliphatic rings. The van der Waals surface area contributed by atoms with Crippen LogP contribution in [0.25, 0.3) is 72.0 Å². The third-order valence-electron chi connectivity index (χ3n) is 14.9. The topological polar surface area (TPSA) is 4.93 Å². The lowest BCUT2D eigenvalue weighted by atomic mass is 9.77. The number of benzene rings is 8. The lowest BCUT2D eigenvalue weighted by molar-refractivity contribution is 0.443. The van der Waals surface area contributed by atoms with Gasteiger partial charge in [-0.25, -0.2) is 0 Å². The molecule has 1 aromatic heterocycles. The highest BCUT2D eigenvalue weighted by Crippen LogP contribution is 2.45. The van der Waals surface area contributed by atoms with Gasteiger partial charge in [-0.05, 0) is 144 Å². The second-order valence-corrected chi connectivity index (χ2v) is 22.2. The maximum absolute atomic E-state index is 2.46. The maximum Gasteiger partial charge on any atom is 0.0547 e. The van der Waals surface area contributed by atoms with Crippen LogP contribution in [-0.4, -0.2) is 4.57 Å². The first kappa shape index (κ1) is 44.4. The summed E-state index contributed by atoms with van der Waals surface area (Å²) in [7, 11) is 0. The minimum Gasteiger partial charge on any atom is -0.309 e. The van der Waals surface area contributed by atoms with E-state index in [0.29, 0.717) is 0 Å². The standard InChI is InChI=1S/C66H67N/c1-64(2,3)53-34-29-49(30-35-53)51-33-39-59-62(42-51)67(56-21-13-10-14-22-56)61-24-16-23-58(63(59)61)57-40-38-55(65(4,5)6)43-60(57)52-20-15-19-50(41-52)48-27-25-45(26-28-48)44-66(7,8)54-36-31-47(32-37-54)46-17-11-9-12-18-46/h10,13-16,19-43,46H,9,11-12,17-18,44H2,1-8H3. The summed E-state index contributed by atoms with van der Waals surface area (Å²) >= 11 is 0. The number of nitrogens with zero attached hydrogens (tertiary/aromatic N) is 1. The zero-order valence-electron chi connectivity index (χ0n) is 41.1. The molecule has 0 atom stereocenters. The number of hydrogen-bond donors (Lipinski definition) is 0. The van der Waals surface area contributed by atoms with Gasteiger partial charge in [-0.15, -0.1) is 0 Å². The smallest absolute Gasteiger partial charge is 0.0547 e. The molecule has 67 heavy (non-hydrogen) atoms. The Morgan fingerprint density at radius 1 is 0.418 bits per heavy atom. The highest BCUT2D eigenvalue weighted by Gasteiger charge is 2.25. The lowest BCUT2D eigenvalue weighted by Crippen LogP contribution is -2.20. The predicted molar refractivity (Wildman–Crippen MR) is 289 cm³/mol. The van der Waals surface area contributed by atoms with Crippen molar-refractivity contribution in [2.45, 2.75) is 116 Å². The fourth-order valence-electron chi connectivity index (χ4n) is 10.9. The number of fused-ring (bicyclic) bond motifs is 3. The van der Waals surface area contributed by atoms with Gasteiger partial charge in [0.15, 0.2) is 0 Å². The molecule has 0 unspecified atom stereocenters. The molecule has 336 valence electrons. The first-order valence-electron chi connectivity index (χ1n) is 24.9. The van der Waals surface area contributed by atoms with Crippen molar-refractivity contribution in [3.8, 4) is 50.2 Å². The van der Waals surface area contributed by atoms with E-state index >= 15 is 0 Å². The Kier molecular flexibility index (Phi) is 11.7. The molecule has 0 saturated heterocycles. The van der Waals surface area contributed by atoms with Crippen LogP contribution >= 0.6 is 0 Å². The molecule has 0 radical (unpaired) electrons. The Morgan fingerprint density at radius 3 is 1.70 bits per heavy atom. The van der Waals surface area contributed by atoms with Crippen molar-refractivity contribution < 1.29 is 0 Å². The average molecular weight is 874 g/mol. The molecule has 1 nitrogen and oxygen atoms in total. The van der Waals surface area contributed by atoms with Crippen molar-refractivity contribution in [2.24, 2.45) is 0 Å². The van der Waals surface area contributed by atoms with Crippen molar-refractivity contribution in [1.29, 1.82) is 0 Å². The molecule has 1 aliphatic carbocycles. The highest BCUT2D eigenvalue weighted by molar-refractivity contribution is 6.17. The van der Waals surface area contributed by atoms with Gasteiger partial charge < -0.3 is 4.57 Å². The number of aromatic nitrogens is 1. The van der Waals surface area contributed by atoms with Gasteiger partial charge >= 0.3 is 0 Å². The fraction of sp³-hybridized carbons (Fsp3) is 0.273. The minimum atomic E-state index is -0.0112. The van der Waals surface area contributed by atoms with Gasteiger partial charge in [0.2, 0.25) is 0 Å². The molecular formula is C66H67N. The van der Waals surface area contributed by atoms with Gasteiger partial charge in [0.1, 0.15) is 0 Å². The van der Waals surface area contributed by atoms with Gasteiger partial charge in [0.05, 0.1) is 11.0 Å². The quantitative estimate of drug-likeness (QED) is 0.136. The first-order valence-corrected chi connectivity index (χ1v) is 24.9. The summed E-state index contributed by atoms with van der Waals surface area (Å²) in [5, 5.41) is 2.53. The summed E-state index contributed by atoms with van der Waals surface area (Å²) in [6.45, 7) is 18.6. The van der Waals surface area contributed by atoms with Crippen LogP contribution in [0.1, 0.15) is 121 Å². The molecule has 0 bridgehead atoms. The summed E-state index contributed by atoms with van der Waals surface area (Å²) in [4.78, 5) is 0. The van der Waals surface area contributed by atoms with E-state index < -0.39 is 0 Å². The van der Waals surface area contributed by atoms with E-state index in [0.717, 1.165) is 18.0 Å².